The van der Waals surface area contributed by atoms with Gasteiger partial charge in [0.1, 0.15) is 0 Å². The van der Waals surface area contributed by atoms with E-state index in [9.17, 15) is 14.4 Å². The maximum Gasteiger partial charge on any atom is 0.321 e. The number of rotatable bonds is 7. The Balaban J connectivity index is 2.88. The second kappa shape index (κ2) is 9.58. The number of carbonyl (C=O) groups is 3. The van der Waals surface area contributed by atoms with E-state index in [2.05, 4.69) is 16.0 Å². The number of amides is 4. The fraction of sp³-hybridized carbons (Fsp3) is 0.438. The van der Waals surface area contributed by atoms with E-state index in [1.54, 1.807) is 7.05 Å². The predicted octanol–water partition coefficient (Wildman–Crippen LogP) is -0.776. The number of likely N-dealkylation sites (N-methyl/N-ethyl adjacent to an activating group) is 1. The van der Waals surface area contributed by atoms with Crippen LogP contribution in [0.4, 0.5) is 4.79 Å². The molecule has 1 aromatic carbocycles. The molecule has 0 bridgehead atoms. The van der Waals surface area contributed by atoms with E-state index in [0.717, 1.165) is 12.0 Å². The van der Waals surface area contributed by atoms with E-state index < -0.39 is 18.0 Å². The van der Waals surface area contributed by atoms with E-state index in [1.165, 1.54) is 7.05 Å². The summed E-state index contributed by atoms with van der Waals surface area (Å²) in [5, 5.41) is 7.42. The van der Waals surface area contributed by atoms with Crippen LogP contribution in [0.15, 0.2) is 30.3 Å². The number of urea groups is 1. The van der Waals surface area contributed by atoms with Crippen LogP contribution in [0, 0.1) is 0 Å². The van der Waals surface area contributed by atoms with Crippen molar-refractivity contribution in [3.63, 3.8) is 0 Å². The Labute approximate surface area is 136 Å². The van der Waals surface area contributed by atoms with Crippen molar-refractivity contribution < 1.29 is 19.3 Å². The van der Waals surface area contributed by atoms with Gasteiger partial charge in [-0.05, 0) is 6.42 Å². The second-order valence-electron chi connectivity index (χ2n) is 5.29. The summed E-state index contributed by atoms with van der Waals surface area (Å²) in [6.07, 6.45) is 0.851. The Morgan fingerprint density at radius 1 is 1.17 bits per heavy atom. The molecule has 0 aromatic heterocycles. The molecule has 4 N–H and O–H groups in total. The molecule has 2 atom stereocenters. The molecule has 0 radical (unpaired) electrons. The molecule has 0 aliphatic heterocycles. The molecule has 0 spiro atoms. The third-order valence-corrected chi connectivity index (χ3v) is 3.36. The first-order chi connectivity index (χ1) is 11.0. The zero-order valence-electron chi connectivity index (χ0n) is 13.8. The molecule has 1 aromatic rings. The molecule has 0 saturated carbocycles. The molecular formula is C16H25N4O3+. The minimum atomic E-state index is -0.652. The minimum Gasteiger partial charge on any atom is -0.351 e. The molecule has 0 saturated heterocycles. The molecule has 126 valence electrons. The van der Waals surface area contributed by atoms with Gasteiger partial charge in [-0.3, -0.25) is 14.9 Å². The standard InChI is InChI=1S/C16H24N4O3/c1-4-10-18-13(21)11-20(3)14(12-8-6-5-7-9-12)15(22)19-16(23)17-2/h5-9,14H,4,10-11H2,1-3H3,(H,18,21)(H2,17,19,22,23)/p+1/t14-/m0/s1. The van der Waals surface area contributed by atoms with Crippen molar-refractivity contribution in [1.82, 2.24) is 16.0 Å². The van der Waals surface area contributed by atoms with E-state index >= 15 is 0 Å². The van der Waals surface area contributed by atoms with Crippen molar-refractivity contribution in [2.45, 2.75) is 19.4 Å². The average molecular weight is 321 g/mol. The lowest BCUT2D eigenvalue weighted by atomic mass is 10.0. The van der Waals surface area contributed by atoms with Gasteiger partial charge in [0.15, 0.2) is 12.6 Å². The number of benzene rings is 1. The molecule has 1 rings (SSSR count). The van der Waals surface area contributed by atoms with Crippen LogP contribution in [0.5, 0.6) is 0 Å². The first kappa shape index (κ1) is 18.6. The van der Waals surface area contributed by atoms with Crippen molar-refractivity contribution in [1.29, 1.82) is 0 Å². The third kappa shape index (κ3) is 6.07. The summed E-state index contributed by atoms with van der Waals surface area (Å²) in [6, 6.07) is 7.88. The van der Waals surface area contributed by atoms with Crippen molar-refractivity contribution in [2.24, 2.45) is 0 Å². The SMILES string of the molecule is CCCNC(=O)C[NH+](C)[C@H](C(=O)NC(=O)NC)c1ccccc1. The van der Waals surface area contributed by atoms with Gasteiger partial charge in [-0.25, -0.2) is 4.79 Å². The number of nitrogens with one attached hydrogen (secondary N) is 4. The molecule has 7 nitrogen and oxygen atoms in total. The van der Waals surface area contributed by atoms with Crippen LogP contribution in [0.25, 0.3) is 0 Å². The number of imide groups is 1. The Bertz CT molecular complexity index is 533. The lowest BCUT2D eigenvalue weighted by Gasteiger charge is -2.23. The Morgan fingerprint density at radius 2 is 1.83 bits per heavy atom. The maximum atomic E-state index is 12.4. The summed E-state index contributed by atoms with van der Waals surface area (Å²) >= 11 is 0. The molecule has 0 aliphatic rings. The largest absolute Gasteiger partial charge is 0.351 e. The number of quaternary nitrogens is 1. The fourth-order valence-corrected chi connectivity index (χ4v) is 2.23. The number of hydrogen-bond acceptors (Lipinski definition) is 3. The van der Waals surface area contributed by atoms with Gasteiger partial charge in [0.2, 0.25) is 0 Å². The van der Waals surface area contributed by atoms with Crippen molar-refractivity contribution in [3.8, 4) is 0 Å². The van der Waals surface area contributed by atoms with Crippen LogP contribution in [0.2, 0.25) is 0 Å². The van der Waals surface area contributed by atoms with Crippen LogP contribution in [-0.4, -0.2) is 45.0 Å². The predicted molar refractivity (Wildman–Crippen MR) is 86.8 cm³/mol. The average Bonchev–Trinajstić information content (AvgIpc) is 2.53. The first-order valence-electron chi connectivity index (χ1n) is 7.66. The Morgan fingerprint density at radius 3 is 2.39 bits per heavy atom. The van der Waals surface area contributed by atoms with Gasteiger partial charge >= 0.3 is 6.03 Å². The number of carbonyl (C=O) groups excluding carboxylic acids is 3. The van der Waals surface area contributed by atoms with Gasteiger partial charge < -0.3 is 15.5 Å². The van der Waals surface area contributed by atoms with Gasteiger partial charge in [0.25, 0.3) is 11.8 Å². The van der Waals surface area contributed by atoms with Crippen molar-refractivity contribution in [3.05, 3.63) is 35.9 Å². The highest BCUT2D eigenvalue weighted by atomic mass is 16.2. The zero-order chi connectivity index (χ0) is 17.2. The number of hydrogen-bond donors (Lipinski definition) is 4. The van der Waals surface area contributed by atoms with Gasteiger partial charge in [-0.2, -0.15) is 0 Å². The first-order valence-corrected chi connectivity index (χ1v) is 7.66. The summed E-state index contributed by atoms with van der Waals surface area (Å²) < 4.78 is 0. The smallest absolute Gasteiger partial charge is 0.321 e. The third-order valence-electron chi connectivity index (χ3n) is 3.36. The quantitative estimate of drug-likeness (QED) is 0.531. The summed E-state index contributed by atoms with van der Waals surface area (Å²) in [6.45, 7) is 2.72. The molecule has 0 aliphatic carbocycles. The maximum absolute atomic E-state index is 12.4. The van der Waals surface area contributed by atoms with Gasteiger partial charge in [-0.15, -0.1) is 0 Å². The van der Waals surface area contributed by atoms with Gasteiger partial charge in [0, 0.05) is 19.2 Å². The topological polar surface area (TPSA) is 91.7 Å². The Kier molecular flexibility index (Phi) is 7.76. The molecule has 1 unspecified atom stereocenters. The molecule has 4 amide bonds. The lowest BCUT2D eigenvalue weighted by Crippen LogP contribution is -3.11. The van der Waals surface area contributed by atoms with E-state index in [-0.39, 0.29) is 12.5 Å². The van der Waals surface area contributed by atoms with Crippen LogP contribution in [-0.2, 0) is 9.59 Å². The molecule has 0 fully saturated rings. The highest BCUT2D eigenvalue weighted by Gasteiger charge is 2.31. The molecule has 23 heavy (non-hydrogen) atoms. The minimum absolute atomic E-state index is 0.127. The van der Waals surface area contributed by atoms with Crippen molar-refractivity contribution in [2.75, 3.05) is 27.2 Å². The molecule has 7 heteroatoms. The van der Waals surface area contributed by atoms with E-state index in [0.29, 0.717) is 11.4 Å². The van der Waals surface area contributed by atoms with Crippen LogP contribution in [0.1, 0.15) is 24.9 Å². The summed E-state index contributed by atoms with van der Waals surface area (Å²) in [5.41, 5.74) is 0.745. The van der Waals surface area contributed by atoms with Gasteiger partial charge in [0.05, 0.1) is 7.05 Å². The summed E-state index contributed by atoms with van der Waals surface area (Å²) in [7, 11) is 3.20. The second-order valence-corrected chi connectivity index (χ2v) is 5.29. The van der Waals surface area contributed by atoms with Crippen LogP contribution < -0.4 is 20.9 Å². The normalized spacial score (nSPS) is 12.8. The monoisotopic (exact) mass is 321 g/mol. The highest BCUT2D eigenvalue weighted by molar-refractivity contribution is 5.96. The van der Waals surface area contributed by atoms with Crippen LogP contribution >= 0.6 is 0 Å². The van der Waals surface area contributed by atoms with Crippen LogP contribution in [0.3, 0.4) is 0 Å². The Hall–Kier alpha value is -2.41. The van der Waals surface area contributed by atoms with Gasteiger partial charge in [-0.1, -0.05) is 37.3 Å². The zero-order valence-corrected chi connectivity index (χ0v) is 13.8. The molecular weight excluding hydrogens is 296 g/mol. The fourth-order valence-electron chi connectivity index (χ4n) is 2.23. The summed E-state index contributed by atoms with van der Waals surface area (Å²) in [5.74, 6) is -0.575. The lowest BCUT2D eigenvalue weighted by molar-refractivity contribution is -0.894. The van der Waals surface area contributed by atoms with E-state index in [4.69, 9.17) is 0 Å². The molecule has 0 heterocycles. The van der Waals surface area contributed by atoms with Crippen molar-refractivity contribution >= 4 is 17.8 Å². The highest BCUT2D eigenvalue weighted by Crippen LogP contribution is 2.09. The van der Waals surface area contributed by atoms with E-state index in [1.807, 2.05) is 37.3 Å². The summed E-state index contributed by atoms with van der Waals surface area (Å²) in [4.78, 5) is 36.4.